The van der Waals surface area contributed by atoms with E-state index in [-0.39, 0.29) is 12.0 Å². The summed E-state index contributed by atoms with van der Waals surface area (Å²) >= 11 is 3.41. The molecule has 2 rings (SSSR count). The van der Waals surface area contributed by atoms with E-state index >= 15 is 0 Å². The average Bonchev–Trinajstić information content (AvgIpc) is 2.38. The van der Waals surface area contributed by atoms with Gasteiger partial charge in [0.2, 0.25) is 0 Å². The highest BCUT2D eigenvalue weighted by Gasteiger charge is 2.29. The molecule has 1 atom stereocenters. The number of pyridine rings is 1. The first-order valence-corrected chi connectivity index (χ1v) is 6.91. The molecule has 1 aromatic heterocycles. The number of ether oxygens (including phenoxy) is 1. The van der Waals surface area contributed by atoms with Gasteiger partial charge in [0.15, 0.2) is 0 Å². The number of methoxy groups -OCH3 is 1. The van der Waals surface area contributed by atoms with Gasteiger partial charge in [-0.3, -0.25) is 14.7 Å². The number of hydrogen-bond donors (Lipinski definition) is 0. The molecule has 5 heteroatoms. The summed E-state index contributed by atoms with van der Waals surface area (Å²) in [6.45, 7) is 1.68. The van der Waals surface area contributed by atoms with E-state index in [9.17, 15) is 4.79 Å². The second-order valence-corrected chi connectivity index (χ2v) is 5.43. The van der Waals surface area contributed by atoms with Crippen molar-refractivity contribution < 1.29 is 9.53 Å². The Balaban J connectivity index is 2.07. The van der Waals surface area contributed by atoms with E-state index in [1.807, 2.05) is 12.3 Å². The molecule has 1 saturated heterocycles. The zero-order valence-electron chi connectivity index (χ0n) is 10.4. The molecule has 2 heterocycles. The number of carbonyl (C=O) groups is 1. The molecule has 0 bridgehead atoms. The van der Waals surface area contributed by atoms with Crippen LogP contribution in [0, 0.1) is 0 Å². The molecule has 1 unspecified atom stereocenters. The third-order valence-corrected chi connectivity index (χ3v) is 3.67. The zero-order valence-corrected chi connectivity index (χ0v) is 12.0. The highest BCUT2D eigenvalue weighted by atomic mass is 79.9. The molecule has 0 aromatic carbocycles. The van der Waals surface area contributed by atoms with Crippen LogP contribution < -0.4 is 0 Å². The maximum absolute atomic E-state index is 11.7. The van der Waals surface area contributed by atoms with E-state index < -0.39 is 0 Å². The van der Waals surface area contributed by atoms with Gasteiger partial charge >= 0.3 is 5.97 Å². The Bertz CT molecular complexity index is 425. The Morgan fingerprint density at radius 3 is 3.11 bits per heavy atom. The zero-order chi connectivity index (χ0) is 13.0. The molecule has 0 spiro atoms. The smallest absolute Gasteiger partial charge is 0.323 e. The highest BCUT2D eigenvalue weighted by Crippen LogP contribution is 2.21. The topological polar surface area (TPSA) is 42.4 Å². The fraction of sp³-hybridized carbons (Fsp3) is 0.538. The second-order valence-electron chi connectivity index (χ2n) is 4.52. The van der Waals surface area contributed by atoms with Crippen LogP contribution in [0.15, 0.2) is 22.9 Å². The molecule has 1 aromatic rings. The van der Waals surface area contributed by atoms with Crippen LogP contribution in [0.2, 0.25) is 0 Å². The van der Waals surface area contributed by atoms with Crippen LogP contribution in [0.1, 0.15) is 24.8 Å². The van der Waals surface area contributed by atoms with Crippen LogP contribution in [0.25, 0.3) is 0 Å². The highest BCUT2D eigenvalue weighted by molar-refractivity contribution is 9.10. The molecule has 0 amide bonds. The average molecular weight is 313 g/mol. The van der Waals surface area contributed by atoms with Crippen LogP contribution in [0.4, 0.5) is 0 Å². The summed E-state index contributed by atoms with van der Waals surface area (Å²) in [6.07, 6.45) is 6.71. The lowest BCUT2D eigenvalue weighted by atomic mass is 10.0. The fourth-order valence-corrected chi connectivity index (χ4v) is 2.77. The monoisotopic (exact) mass is 312 g/mol. The standard InChI is InChI=1S/C13H17BrN2O2/c1-18-13(17)12-4-2-3-5-16(12)9-10-6-11(14)8-15-7-10/h6-8,12H,2-5,9H2,1H3. The van der Waals surface area contributed by atoms with Crippen LogP contribution in [0.5, 0.6) is 0 Å². The first-order chi connectivity index (χ1) is 8.70. The van der Waals surface area contributed by atoms with Gasteiger partial charge in [0.05, 0.1) is 7.11 Å². The molecule has 0 aliphatic carbocycles. The number of carbonyl (C=O) groups excluding carboxylic acids is 1. The number of nitrogens with zero attached hydrogens (tertiary/aromatic N) is 2. The lowest BCUT2D eigenvalue weighted by Crippen LogP contribution is -2.44. The molecule has 0 N–H and O–H groups in total. The van der Waals surface area contributed by atoms with Crippen molar-refractivity contribution in [2.45, 2.75) is 31.8 Å². The quantitative estimate of drug-likeness (QED) is 0.804. The van der Waals surface area contributed by atoms with Gasteiger partial charge in [0.25, 0.3) is 0 Å². The number of rotatable bonds is 3. The Morgan fingerprint density at radius 1 is 1.56 bits per heavy atom. The molecular weight excluding hydrogens is 296 g/mol. The molecule has 0 saturated carbocycles. The number of likely N-dealkylation sites (tertiary alicyclic amines) is 1. The van der Waals surface area contributed by atoms with E-state index in [2.05, 4.69) is 25.8 Å². The fourth-order valence-electron chi connectivity index (χ4n) is 2.36. The molecule has 4 nitrogen and oxygen atoms in total. The van der Waals surface area contributed by atoms with Crippen LogP contribution in [-0.4, -0.2) is 35.5 Å². The van der Waals surface area contributed by atoms with Gasteiger partial charge in [-0.05, 0) is 46.9 Å². The number of hydrogen-bond acceptors (Lipinski definition) is 4. The van der Waals surface area contributed by atoms with Crippen molar-refractivity contribution in [3.8, 4) is 0 Å². The van der Waals surface area contributed by atoms with Crippen LogP contribution in [0.3, 0.4) is 0 Å². The van der Waals surface area contributed by atoms with Gasteiger partial charge in [0, 0.05) is 23.4 Å². The SMILES string of the molecule is COC(=O)C1CCCCN1Cc1cncc(Br)c1. The molecular formula is C13H17BrN2O2. The van der Waals surface area contributed by atoms with Crippen molar-refractivity contribution in [3.05, 3.63) is 28.5 Å². The van der Waals surface area contributed by atoms with E-state index in [4.69, 9.17) is 4.74 Å². The summed E-state index contributed by atoms with van der Waals surface area (Å²) < 4.78 is 5.84. The van der Waals surface area contributed by atoms with Gasteiger partial charge in [0.1, 0.15) is 6.04 Å². The van der Waals surface area contributed by atoms with E-state index in [1.165, 1.54) is 7.11 Å². The van der Waals surface area contributed by atoms with E-state index in [0.717, 1.165) is 42.4 Å². The Morgan fingerprint density at radius 2 is 2.39 bits per heavy atom. The van der Waals surface area contributed by atoms with Gasteiger partial charge in [-0.2, -0.15) is 0 Å². The predicted octanol–water partition coefficient (Wildman–Crippen LogP) is 2.37. The van der Waals surface area contributed by atoms with Crippen molar-refractivity contribution in [1.29, 1.82) is 0 Å². The van der Waals surface area contributed by atoms with Gasteiger partial charge < -0.3 is 4.74 Å². The summed E-state index contributed by atoms with van der Waals surface area (Å²) in [5.41, 5.74) is 1.11. The molecule has 98 valence electrons. The van der Waals surface area contributed by atoms with Crippen molar-refractivity contribution in [2.24, 2.45) is 0 Å². The third kappa shape index (κ3) is 3.29. The minimum absolute atomic E-state index is 0.109. The van der Waals surface area contributed by atoms with Crippen LogP contribution >= 0.6 is 15.9 Å². The second kappa shape index (κ2) is 6.29. The minimum atomic E-state index is -0.127. The minimum Gasteiger partial charge on any atom is -0.468 e. The summed E-state index contributed by atoms with van der Waals surface area (Å²) in [4.78, 5) is 18.1. The number of aromatic nitrogens is 1. The van der Waals surface area contributed by atoms with Crippen molar-refractivity contribution in [2.75, 3.05) is 13.7 Å². The number of esters is 1. The normalized spacial score (nSPS) is 20.7. The Labute approximate surface area is 115 Å². The lowest BCUT2D eigenvalue weighted by molar-refractivity contribution is -0.148. The Hall–Kier alpha value is -0.940. The largest absolute Gasteiger partial charge is 0.468 e. The lowest BCUT2D eigenvalue weighted by Gasteiger charge is -2.33. The Kier molecular flexibility index (Phi) is 4.72. The summed E-state index contributed by atoms with van der Waals surface area (Å²) in [5, 5.41) is 0. The third-order valence-electron chi connectivity index (χ3n) is 3.23. The van der Waals surface area contributed by atoms with Crippen molar-refractivity contribution in [1.82, 2.24) is 9.88 Å². The summed E-state index contributed by atoms with van der Waals surface area (Å²) in [7, 11) is 1.45. The molecule has 1 aliphatic rings. The molecule has 1 fully saturated rings. The van der Waals surface area contributed by atoms with Crippen molar-refractivity contribution >= 4 is 21.9 Å². The van der Waals surface area contributed by atoms with E-state index in [1.54, 1.807) is 6.20 Å². The number of halogens is 1. The first kappa shape index (κ1) is 13.5. The van der Waals surface area contributed by atoms with Gasteiger partial charge in [-0.15, -0.1) is 0 Å². The maximum atomic E-state index is 11.7. The molecule has 0 radical (unpaired) electrons. The first-order valence-electron chi connectivity index (χ1n) is 6.12. The predicted molar refractivity (Wildman–Crippen MR) is 72.0 cm³/mol. The van der Waals surface area contributed by atoms with Gasteiger partial charge in [-0.1, -0.05) is 6.42 Å². The summed E-state index contributed by atoms with van der Waals surface area (Å²) in [6, 6.07) is 1.93. The summed E-state index contributed by atoms with van der Waals surface area (Å²) in [5.74, 6) is -0.127. The number of piperidine rings is 1. The van der Waals surface area contributed by atoms with Gasteiger partial charge in [-0.25, -0.2) is 0 Å². The maximum Gasteiger partial charge on any atom is 0.323 e. The molecule has 18 heavy (non-hydrogen) atoms. The molecule has 1 aliphatic heterocycles. The van der Waals surface area contributed by atoms with E-state index in [0.29, 0.717) is 0 Å². The van der Waals surface area contributed by atoms with Crippen LogP contribution in [-0.2, 0) is 16.1 Å². The van der Waals surface area contributed by atoms with Crippen molar-refractivity contribution in [3.63, 3.8) is 0 Å².